The van der Waals surface area contributed by atoms with Crippen molar-refractivity contribution >= 4 is 6.29 Å². The number of rotatable bonds is 3. The van der Waals surface area contributed by atoms with Crippen LogP contribution in [0.2, 0.25) is 0 Å². The second-order valence-electron chi connectivity index (χ2n) is 4.66. The number of aldehydes is 1. The van der Waals surface area contributed by atoms with Crippen LogP contribution in [-0.2, 0) is 11.2 Å². The summed E-state index contributed by atoms with van der Waals surface area (Å²) in [5.74, 6) is 0. The number of carbonyl (C=O) groups is 1. The minimum atomic E-state index is -0.252. The lowest BCUT2D eigenvalue weighted by molar-refractivity contribution is -0.114. The van der Waals surface area contributed by atoms with Gasteiger partial charge >= 0.3 is 0 Å². The van der Waals surface area contributed by atoms with E-state index in [1.54, 1.807) is 0 Å². The maximum atomic E-state index is 11.4. The first kappa shape index (κ1) is 11.1. The largest absolute Gasteiger partial charge is 0.302 e. The molecule has 0 heterocycles. The molecule has 0 fully saturated rings. The predicted octanol–water partition coefficient (Wildman–Crippen LogP) is 3.54. The van der Waals surface area contributed by atoms with Gasteiger partial charge in [-0.15, -0.1) is 0 Å². The third-order valence-electron chi connectivity index (χ3n) is 3.32. The molecule has 1 aliphatic carbocycles. The van der Waals surface area contributed by atoms with Crippen molar-refractivity contribution in [2.45, 2.75) is 32.1 Å². The summed E-state index contributed by atoms with van der Waals surface area (Å²) in [7, 11) is 0. The highest BCUT2D eigenvalue weighted by Crippen LogP contribution is 2.31. The summed E-state index contributed by atoms with van der Waals surface area (Å²) < 4.78 is 0. The summed E-state index contributed by atoms with van der Waals surface area (Å²) in [5, 5.41) is 0. The molecule has 1 heteroatoms. The van der Waals surface area contributed by atoms with Gasteiger partial charge in [-0.2, -0.15) is 0 Å². The molecule has 0 saturated carbocycles. The fraction of sp³-hybridized carbons (Fsp3) is 0.400. The van der Waals surface area contributed by atoms with E-state index in [1.165, 1.54) is 12.0 Å². The van der Waals surface area contributed by atoms with E-state index in [1.807, 2.05) is 18.2 Å². The van der Waals surface area contributed by atoms with Gasteiger partial charge in [-0.3, -0.25) is 0 Å². The molecule has 1 nitrogen and oxygen atoms in total. The van der Waals surface area contributed by atoms with Gasteiger partial charge in [0.25, 0.3) is 0 Å². The Morgan fingerprint density at radius 2 is 2.00 bits per heavy atom. The van der Waals surface area contributed by atoms with Gasteiger partial charge in [0.2, 0.25) is 0 Å². The van der Waals surface area contributed by atoms with Crippen molar-refractivity contribution in [3.05, 3.63) is 48.0 Å². The summed E-state index contributed by atoms with van der Waals surface area (Å²) >= 11 is 0. The topological polar surface area (TPSA) is 17.1 Å². The van der Waals surface area contributed by atoms with Crippen molar-refractivity contribution in [2.24, 2.45) is 5.41 Å². The first-order chi connectivity index (χ1) is 7.85. The molecule has 0 saturated heterocycles. The zero-order valence-corrected chi connectivity index (χ0v) is 9.56. The Morgan fingerprint density at radius 3 is 2.75 bits per heavy atom. The van der Waals surface area contributed by atoms with E-state index in [-0.39, 0.29) is 5.41 Å². The number of hydrogen-bond acceptors (Lipinski definition) is 1. The molecule has 84 valence electrons. The van der Waals surface area contributed by atoms with Crippen molar-refractivity contribution in [1.82, 2.24) is 0 Å². The van der Waals surface area contributed by atoms with Crippen LogP contribution in [0.15, 0.2) is 42.5 Å². The maximum absolute atomic E-state index is 11.4. The van der Waals surface area contributed by atoms with E-state index in [0.717, 1.165) is 32.0 Å². The molecule has 0 aromatic heterocycles. The lowest BCUT2D eigenvalue weighted by atomic mass is 9.79. The smallest absolute Gasteiger partial charge is 0.130 e. The van der Waals surface area contributed by atoms with Crippen molar-refractivity contribution in [3.63, 3.8) is 0 Å². The summed E-state index contributed by atoms with van der Waals surface area (Å²) in [6.07, 6.45) is 10.7. The average molecular weight is 214 g/mol. The third kappa shape index (κ3) is 2.60. The van der Waals surface area contributed by atoms with Crippen LogP contribution in [0, 0.1) is 5.41 Å². The normalized spacial score (nSPS) is 25.0. The van der Waals surface area contributed by atoms with Crippen molar-refractivity contribution in [1.29, 1.82) is 0 Å². The van der Waals surface area contributed by atoms with Crippen LogP contribution in [0.1, 0.15) is 31.2 Å². The molecule has 0 N–H and O–H groups in total. The molecule has 1 aromatic rings. The maximum Gasteiger partial charge on any atom is 0.130 e. The van der Waals surface area contributed by atoms with E-state index in [2.05, 4.69) is 24.3 Å². The molecule has 0 spiro atoms. The standard InChI is InChI=1S/C15H18O/c16-13-15(10-6-1-2-7-11-15)12-14-8-4-3-5-9-14/h3-6,8-10,13H,1-2,7,11-12H2. The molecule has 0 bridgehead atoms. The van der Waals surface area contributed by atoms with E-state index in [9.17, 15) is 4.79 Å². The first-order valence-corrected chi connectivity index (χ1v) is 6.03. The Bertz CT molecular complexity index is 366. The second kappa shape index (κ2) is 5.11. The van der Waals surface area contributed by atoms with Gasteiger partial charge in [-0.25, -0.2) is 0 Å². The van der Waals surface area contributed by atoms with Gasteiger partial charge in [0.15, 0.2) is 0 Å². The molecule has 1 aromatic carbocycles. The Kier molecular flexibility index (Phi) is 3.55. The van der Waals surface area contributed by atoms with Crippen LogP contribution in [0.3, 0.4) is 0 Å². The highest BCUT2D eigenvalue weighted by Gasteiger charge is 2.27. The molecule has 0 aliphatic heterocycles. The fourth-order valence-electron chi connectivity index (χ4n) is 2.38. The van der Waals surface area contributed by atoms with Crippen LogP contribution in [-0.4, -0.2) is 6.29 Å². The van der Waals surface area contributed by atoms with E-state index in [0.29, 0.717) is 0 Å². The molecule has 0 radical (unpaired) electrons. The molecule has 0 amide bonds. The summed E-state index contributed by atoms with van der Waals surface area (Å²) in [5.41, 5.74) is 0.999. The number of carbonyl (C=O) groups excluding carboxylic acids is 1. The molecule has 1 aliphatic rings. The molecular formula is C15H18O. The van der Waals surface area contributed by atoms with Gasteiger partial charge in [-0.05, 0) is 31.2 Å². The van der Waals surface area contributed by atoms with Gasteiger partial charge in [0, 0.05) is 5.41 Å². The quantitative estimate of drug-likeness (QED) is 0.555. The Hall–Kier alpha value is -1.37. The zero-order chi connectivity index (χ0) is 11.3. The molecular weight excluding hydrogens is 196 g/mol. The third-order valence-corrected chi connectivity index (χ3v) is 3.32. The van der Waals surface area contributed by atoms with Crippen LogP contribution in [0.4, 0.5) is 0 Å². The average Bonchev–Trinajstić information content (AvgIpc) is 2.57. The van der Waals surface area contributed by atoms with E-state index < -0.39 is 0 Å². The zero-order valence-electron chi connectivity index (χ0n) is 9.56. The number of hydrogen-bond donors (Lipinski definition) is 0. The van der Waals surface area contributed by atoms with Crippen molar-refractivity contribution < 1.29 is 4.79 Å². The summed E-state index contributed by atoms with van der Waals surface area (Å²) in [6.45, 7) is 0. The van der Waals surface area contributed by atoms with Gasteiger partial charge in [0.1, 0.15) is 6.29 Å². The Balaban J connectivity index is 2.18. The Morgan fingerprint density at radius 1 is 1.19 bits per heavy atom. The summed E-state index contributed by atoms with van der Waals surface area (Å²) in [4.78, 5) is 11.4. The number of allylic oxidation sites excluding steroid dienone is 2. The minimum Gasteiger partial charge on any atom is -0.302 e. The second-order valence-corrected chi connectivity index (χ2v) is 4.66. The van der Waals surface area contributed by atoms with Crippen LogP contribution in [0.5, 0.6) is 0 Å². The highest BCUT2D eigenvalue weighted by atomic mass is 16.1. The lowest BCUT2D eigenvalue weighted by Crippen LogP contribution is -2.22. The van der Waals surface area contributed by atoms with Gasteiger partial charge < -0.3 is 4.79 Å². The monoisotopic (exact) mass is 214 g/mol. The first-order valence-electron chi connectivity index (χ1n) is 6.03. The van der Waals surface area contributed by atoms with E-state index in [4.69, 9.17) is 0 Å². The van der Waals surface area contributed by atoms with Gasteiger partial charge in [-0.1, -0.05) is 48.9 Å². The lowest BCUT2D eigenvalue weighted by Gasteiger charge is -2.23. The van der Waals surface area contributed by atoms with Crippen molar-refractivity contribution in [3.8, 4) is 0 Å². The molecule has 2 rings (SSSR count). The number of benzene rings is 1. The van der Waals surface area contributed by atoms with Crippen molar-refractivity contribution in [2.75, 3.05) is 0 Å². The van der Waals surface area contributed by atoms with E-state index >= 15 is 0 Å². The molecule has 1 unspecified atom stereocenters. The van der Waals surface area contributed by atoms with Crippen LogP contribution < -0.4 is 0 Å². The molecule has 1 atom stereocenters. The fourth-order valence-corrected chi connectivity index (χ4v) is 2.38. The summed E-state index contributed by atoms with van der Waals surface area (Å²) in [6, 6.07) is 10.3. The molecule has 16 heavy (non-hydrogen) atoms. The minimum absolute atomic E-state index is 0.252. The predicted molar refractivity (Wildman–Crippen MR) is 66.3 cm³/mol. The highest BCUT2D eigenvalue weighted by molar-refractivity contribution is 5.63. The van der Waals surface area contributed by atoms with Crippen LogP contribution >= 0.6 is 0 Å². The van der Waals surface area contributed by atoms with Gasteiger partial charge in [0.05, 0.1) is 0 Å². The SMILES string of the molecule is O=CC1(Cc2ccccc2)C=CCCCC1. The van der Waals surface area contributed by atoms with Crippen LogP contribution in [0.25, 0.3) is 0 Å². The Labute approximate surface area is 97.2 Å².